The highest BCUT2D eigenvalue weighted by Crippen LogP contribution is 2.24. The van der Waals surface area contributed by atoms with Crippen LogP contribution in [0, 0.1) is 0 Å². The van der Waals surface area contributed by atoms with E-state index >= 15 is 0 Å². The zero-order valence-corrected chi connectivity index (χ0v) is 7.44. The number of aromatic nitrogens is 1. The number of aromatic amines is 1. The smallest absolute Gasteiger partial charge is 0.0538 e. The van der Waals surface area contributed by atoms with Crippen LogP contribution in [0.5, 0.6) is 0 Å². The third-order valence-electron chi connectivity index (χ3n) is 1.95. The summed E-state index contributed by atoms with van der Waals surface area (Å²) in [5.74, 6) is 0. The van der Waals surface area contributed by atoms with Crippen LogP contribution in [-0.4, -0.2) is 4.98 Å². The Kier molecular flexibility index (Phi) is 1.70. The summed E-state index contributed by atoms with van der Waals surface area (Å²) in [5.41, 5.74) is 2.23. The third kappa shape index (κ3) is 0.959. The molecule has 0 amide bonds. The average molecular weight is 175 g/mol. The first-order chi connectivity index (χ1) is 5.83. The van der Waals surface area contributed by atoms with Crippen LogP contribution in [-0.2, 0) is 0 Å². The van der Waals surface area contributed by atoms with Crippen LogP contribution >= 0.6 is 12.6 Å². The molecule has 1 aromatic carbocycles. The van der Waals surface area contributed by atoms with Crippen molar-refractivity contribution >= 4 is 29.6 Å². The number of fused-ring (bicyclic) bond motifs is 1. The molecule has 0 atom stereocenters. The predicted molar refractivity (Wildman–Crippen MR) is 55.6 cm³/mol. The molecule has 1 heterocycles. The minimum atomic E-state index is 0.980. The lowest BCUT2D eigenvalue weighted by atomic mass is 10.1. The summed E-state index contributed by atoms with van der Waals surface area (Å²) in [6.45, 7) is 3.75. The van der Waals surface area contributed by atoms with Crippen molar-refractivity contribution in [3.05, 3.63) is 36.5 Å². The molecular weight excluding hydrogens is 166 g/mol. The van der Waals surface area contributed by atoms with E-state index in [1.807, 2.05) is 30.5 Å². The Morgan fingerprint density at radius 2 is 2.25 bits per heavy atom. The second-order valence-corrected chi connectivity index (χ2v) is 3.13. The van der Waals surface area contributed by atoms with E-state index in [-0.39, 0.29) is 0 Å². The number of nitrogens with one attached hydrogen (secondary N) is 1. The molecule has 0 aliphatic carbocycles. The molecule has 12 heavy (non-hydrogen) atoms. The standard InChI is InChI=1S/C10H9NS/c1-2-7-4-3-5-8-9(12)6-11-10(7)8/h2-6,11-12H,1H2. The molecule has 2 aromatic rings. The van der Waals surface area contributed by atoms with E-state index in [2.05, 4.69) is 24.2 Å². The van der Waals surface area contributed by atoms with Gasteiger partial charge in [0.05, 0.1) is 5.52 Å². The summed E-state index contributed by atoms with van der Waals surface area (Å²) in [4.78, 5) is 4.14. The SMILES string of the molecule is C=Cc1cccc2c(S)c[nH]c12. The molecule has 0 aliphatic heterocycles. The molecule has 0 unspecified atom stereocenters. The molecule has 0 bridgehead atoms. The van der Waals surface area contributed by atoms with Crippen LogP contribution in [0.4, 0.5) is 0 Å². The minimum Gasteiger partial charge on any atom is -0.360 e. The molecule has 0 fully saturated rings. The summed E-state index contributed by atoms with van der Waals surface area (Å²) < 4.78 is 0. The first-order valence-corrected chi connectivity index (χ1v) is 4.19. The Bertz CT molecular complexity index is 428. The zero-order valence-electron chi connectivity index (χ0n) is 6.54. The number of benzene rings is 1. The number of hydrogen-bond donors (Lipinski definition) is 2. The van der Waals surface area contributed by atoms with Crippen LogP contribution in [0.3, 0.4) is 0 Å². The molecule has 2 rings (SSSR count). The third-order valence-corrected chi connectivity index (χ3v) is 2.32. The van der Waals surface area contributed by atoms with E-state index in [1.54, 1.807) is 0 Å². The van der Waals surface area contributed by atoms with Gasteiger partial charge in [-0.2, -0.15) is 0 Å². The molecular formula is C10H9NS. The van der Waals surface area contributed by atoms with Crippen LogP contribution < -0.4 is 0 Å². The Morgan fingerprint density at radius 3 is 3.00 bits per heavy atom. The monoisotopic (exact) mass is 175 g/mol. The Morgan fingerprint density at radius 1 is 1.42 bits per heavy atom. The molecule has 1 aromatic heterocycles. The van der Waals surface area contributed by atoms with Crippen molar-refractivity contribution in [2.45, 2.75) is 4.90 Å². The summed E-state index contributed by atoms with van der Waals surface area (Å²) in [6.07, 6.45) is 3.73. The maximum atomic E-state index is 4.32. The first-order valence-electron chi connectivity index (χ1n) is 3.74. The normalized spacial score (nSPS) is 10.4. The number of thiol groups is 1. The largest absolute Gasteiger partial charge is 0.360 e. The number of para-hydroxylation sites is 1. The van der Waals surface area contributed by atoms with Gasteiger partial charge < -0.3 is 4.98 Å². The predicted octanol–water partition coefficient (Wildman–Crippen LogP) is 3.10. The summed E-state index contributed by atoms with van der Waals surface area (Å²) in [6, 6.07) is 6.08. The molecule has 60 valence electrons. The van der Waals surface area contributed by atoms with Gasteiger partial charge in [-0.05, 0) is 5.56 Å². The molecule has 0 aliphatic rings. The molecule has 1 nitrogen and oxygen atoms in total. The molecule has 0 spiro atoms. The second kappa shape index (κ2) is 2.72. The fraction of sp³-hybridized carbons (Fsp3) is 0. The Labute approximate surface area is 76.5 Å². The Balaban J connectivity index is 2.89. The lowest BCUT2D eigenvalue weighted by Crippen LogP contribution is -1.74. The fourth-order valence-corrected chi connectivity index (χ4v) is 1.58. The van der Waals surface area contributed by atoms with Gasteiger partial charge in [0, 0.05) is 16.5 Å². The zero-order chi connectivity index (χ0) is 8.55. The molecule has 0 radical (unpaired) electrons. The van der Waals surface area contributed by atoms with Crippen LogP contribution in [0.1, 0.15) is 5.56 Å². The fourth-order valence-electron chi connectivity index (χ4n) is 1.33. The lowest BCUT2D eigenvalue weighted by molar-refractivity contribution is 1.42. The van der Waals surface area contributed by atoms with Crippen LogP contribution in [0.25, 0.3) is 17.0 Å². The highest BCUT2D eigenvalue weighted by Gasteiger charge is 2.01. The van der Waals surface area contributed by atoms with Crippen molar-refractivity contribution in [3.63, 3.8) is 0 Å². The van der Waals surface area contributed by atoms with Crippen LogP contribution in [0.15, 0.2) is 35.9 Å². The summed E-state index contributed by atoms with van der Waals surface area (Å²) in [7, 11) is 0. The van der Waals surface area contributed by atoms with E-state index in [4.69, 9.17) is 0 Å². The van der Waals surface area contributed by atoms with Gasteiger partial charge in [-0.1, -0.05) is 30.9 Å². The maximum Gasteiger partial charge on any atom is 0.0538 e. The molecule has 0 saturated heterocycles. The van der Waals surface area contributed by atoms with Gasteiger partial charge in [0.1, 0.15) is 0 Å². The quantitative estimate of drug-likeness (QED) is 0.619. The highest BCUT2D eigenvalue weighted by atomic mass is 32.1. The number of rotatable bonds is 1. The van der Waals surface area contributed by atoms with Crippen molar-refractivity contribution in [3.8, 4) is 0 Å². The van der Waals surface area contributed by atoms with E-state index < -0.39 is 0 Å². The van der Waals surface area contributed by atoms with Gasteiger partial charge in [-0.3, -0.25) is 0 Å². The first kappa shape index (κ1) is 7.50. The molecule has 0 saturated carbocycles. The van der Waals surface area contributed by atoms with Gasteiger partial charge in [-0.25, -0.2) is 0 Å². The highest BCUT2D eigenvalue weighted by molar-refractivity contribution is 7.80. The van der Waals surface area contributed by atoms with Crippen molar-refractivity contribution in [2.75, 3.05) is 0 Å². The number of H-pyrrole nitrogens is 1. The number of hydrogen-bond acceptors (Lipinski definition) is 1. The molecule has 1 N–H and O–H groups in total. The maximum absolute atomic E-state index is 4.32. The summed E-state index contributed by atoms with van der Waals surface area (Å²) in [5, 5.41) is 1.15. The van der Waals surface area contributed by atoms with Crippen molar-refractivity contribution in [2.24, 2.45) is 0 Å². The van der Waals surface area contributed by atoms with Gasteiger partial charge in [0.2, 0.25) is 0 Å². The van der Waals surface area contributed by atoms with Crippen molar-refractivity contribution in [1.29, 1.82) is 0 Å². The van der Waals surface area contributed by atoms with Crippen molar-refractivity contribution < 1.29 is 0 Å². The van der Waals surface area contributed by atoms with Gasteiger partial charge in [-0.15, -0.1) is 12.6 Å². The topological polar surface area (TPSA) is 15.8 Å². The van der Waals surface area contributed by atoms with E-state index in [1.165, 1.54) is 0 Å². The van der Waals surface area contributed by atoms with E-state index in [0.29, 0.717) is 0 Å². The van der Waals surface area contributed by atoms with Crippen molar-refractivity contribution in [1.82, 2.24) is 4.98 Å². The van der Waals surface area contributed by atoms with Crippen LogP contribution in [0.2, 0.25) is 0 Å². The average Bonchev–Trinajstić information content (AvgIpc) is 2.48. The Hall–Kier alpha value is -1.15. The van der Waals surface area contributed by atoms with E-state index in [0.717, 1.165) is 21.4 Å². The van der Waals surface area contributed by atoms with E-state index in [9.17, 15) is 0 Å². The lowest BCUT2D eigenvalue weighted by Gasteiger charge is -1.95. The molecule has 2 heteroatoms. The summed E-state index contributed by atoms with van der Waals surface area (Å²) >= 11 is 4.32. The van der Waals surface area contributed by atoms with Gasteiger partial charge in [0.25, 0.3) is 0 Å². The minimum absolute atomic E-state index is 0.980. The second-order valence-electron chi connectivity index (χ2n) is 2.65. The van der Waals surface area contributed by atoms with Gasteiger partial charge in [0.15, 0.2) is 0 Å². The van der Waals surface area contributed by atoms with Gasteiger partial charge >= 0.3 is 0 Å².